The van der Waals surface area contributed by atoms with Crippen LogP contribution in [0.15, 0.2) is 60.9 Å². The number of phenolic OH excluding ortho intramolecular Hbond substituents is 1. The molecule has 2 aromatic carbocycles. The first kappa shape index (κ1) is 26.6. The van der Waals surface area contributed by atoms with Crippen LogP contribution in [-0.2, 0) is 9.59 Å². The second-order valence-electron chi connectivity index (χ2n) is 10.6. The Morgan fingerprint density at radius 1 is 1.00 bits per heavy atom. The van der Waals surface area contributed by atoms with Crippen molar-refractivity contribution in [3.05, 3.63) is 66.5 Å². The second kappa shape index (κ2) is 11.8. The Hall–Kier alpha value is -3.98. The topological polar surface area (TPSA) is 102 Å². The van der Waals surface area contributed by atoms with Gasteiger partial charge in [-0.2, -0.15) is 0 Å². The number of aromatic nitrogens is 2. The summed E-state index contributed by atoms with van der Waals surface area (Å²) in [6.07, 6.45) is 4.21. The number of aromatic hydroxyl groups is 1. The normalized spacial score (nSPS) is 18.0. The van der Waals surface area contributed by atoms with Crippen LogP contribution >= 0.6 is 0 Å². The lowest BCUT2D eigenvalue weighted by atomic mass is 10.0. The zero-order chi connectivity index (χ0) is 27.4. The third-order valence-electron chi connectivity index (χ3n) is 7.61. The van der Waals surface area contributed by atoms with E-state index >= 15 is 0 Å². The fourth-order valence-electron chi connectivity index (χ4n) is 5.30. The van der Waals surface area contributed by atoms with Gasteiger partial charge in [-0.3, -0.25) is 14.5 Å². The number of amides is 2. The van der Waals surface area contributed by atoms with Crippen molar-refractivity contribution in [3.8, 4) is 17.1 Å². The van der Waals surface area contributed by atoms with Crippen molar-refractivity contribution in [2.75, 3.05) is 56.0 Å². The number of hydrogen-bond donors (Lipinski definition) is 2. The molecule has 9 heteroatoms. The Morgan fingerprint density at radius 2 is 1.72 bits per heavy atom. The molecule has 1 aromatic heterocycles. The zero-order valence-electron chi connectivity index (χ0n) is 22.6. The van der Waals surface area contributed by atoms with E-state index in [9.17, 15) is 14.7 Å². The molecule has 2 N–H and O–H groups in total. The predicted octanol–water partition coefficient (Wildman–Crippen LogP) is 3.58. The van der Waals surface area contributed by atoms with Crippen molar-refractivity contribution in [1.82, 2.24) is 19.8 Å². The predicted molar refractivity (Wildman–Crippen MR) is 152 cm³/mol. The van der Waals surface area contributed by atoms with Gasteiger partial charge in [0.2, 0.25) is 11.8 Å². The molecular weight excluding hydrogens is 492 g/mol. The number of piperazine rings is 1. The lowest BCUT2D eigenvalue weighted by molar-refractivity contribution is -0.132. The smallest absolute Gasteiger partial charge is 0.236 e. The Bertz CT molecular complexity index is 1290. The van der Waals surface area contributed by atoms with Gasteiger partial charge >= 0.3 is 0 Å². The van der Waals surface area contributed by atoms with Gasteiger partial charge in [-0.25, -0.2) is 9.97 Å². The number of carbonyl (C=O) groups is 2. The van der Waals surface area contributed by atoms with E-state index in [1.807, 2.05) is 36.9 Å². The number of benzene rings is 2. The number of phenols is 1. The highest BCUT2D eigenvalue weighted by molar-refractivity contribution is 5.93. The van der Waals surface area contributed by atoms with Gasteiger partial charge in [-0.1, -0.05) is 13.8 Å². The minimum Gasteiger partial charge on any atom is -0.508 e. The zero-order valence-corrected chi connectivity index (χ0v) is 22.6. The lowest BCUT2D eigenvalue weighted by Crippen LogP contribution is -2.51. The van der Waals surface area contributed by atoms with E-state index in [1.54, 1.807) is 30.6 Å². The van der Waals surface area contributed by atoms with Crippen LogP contribution in [0.3, 0.4) is 0 Å². The van der Waals surface area contributed by atoms with Crippen LogP contribution in [0.25, 0.3) is 11.4 Å². The number of carbonyl (C=O) groups excluding carboxylic acids is 2. The van der Waals surface area contributed by atoms with Gasteiger partial charge in [0.15, 0.2) is 5.82 Å². The third kappa shape index (κ3) is 6.37. The molecular formula is C30H36N6O3. The average Bonchev–Trinajstić information content (AvgIpc) is 3.43. The number of hydrogen-bond acceptors (Lipinski definition) is 7. The van der Waals surface area contributed by atoms with E-state index in [4.69, 9.17) is 0 Å². The summed E-state index contributed by atoms with van der Waals surface area (Å²) in [6.45, 7) is 8.58. The molecule has 0 bridgehead atoms. The van der Waals surface area contributed by atoms with Crippen molar-refractivity contribution >= 4 is 23.2 Å². The SMILES string of the molecule is CC(C)c1cc(NC(=O)[C@@H]2CCN(CC(=O)N3CCN(c4ccc(-c5ncccn5)cc4)CC3)C2)ccc1O. The Morgan fingerprint density at radius 3 is 2.41 bits per heavy atom. The van der Waals surface area contributed by atoms with Gasteiger partial charge < -0.3 is 20.2 Å². The van der Waals surface area contributed by atoms with Crippen molar-refractivity contribution in [3.63, 3.8) is 0 Å². The Balaban J connectivity index is 1.08. The monoisotopic (exact) mass is 528 g/mol. The van der Waals surface area contributed by atoms with Crippen LogP contribution in [-0.4, -0.2) is 82.5 Å². The highest BCUT2D eigenvalue weighted by Crippen LogP contribution is 2.29. The van der Waals surface area contributed by atoms with Crippen molar-refractivity contribution in [1.29, 1.82) is 0 Å². The Kier molecular flexibility index (Phi) is 8.07. The first-order valence-electron chi connectivity index (χ1n) is 13.6. The first-order chi connectivity index (χ1) is 18.9. The Labute approximate surface area is 229 Å². The quantitative estimate of drug-likeness (QED) is 0.452. The first-order valence-corrected chi connectivity index (χ1v) is 13.6. The molecule has 2 aliphatic heterocycles. The van der Waals surface area contributed by atoms with E-state index in [0.717, 1.165) is 42.9 Å². The molecule has 2 saturated heterocycles. The summed E-state index contributed by atoms with van der Waals surface area (Å²) in [5.74, 6) is 1.03. The number of nitrogens with zero attached hydrogens (tertiary/aromatic N) is 5. The molecule has 0 spiro atoms. The largest absolute Gasteiger partial charge is 0.508 e. The number of nitrogens with one attached hydrogen (secondary N) is 1. The fourth-order valence-corrected chi connectivity index (χ4v) is 5.30. The molecule has 5 rings (SSSR count). The van der Waals surface area contributed by atoms with E-state index in [1.165, 1.54) is 0 Å². The molecule has 2 amide bonds. The molecule has 2 fully saturated rings. The molecule has 0 saturated carbocycles. The maximum absolute atomic E-state index is 13.0. The minimum absolute atomic E-state index is 0.0381. The third-order valence-corrected chi connectivity index (χ3v) is 7.61. The van der Waals surface area contributed by atoms with Crippen LogP contribution in [0.2, 0.25) is 0 Å². The lowest BCUT2D eigenvalue weighted by Gasteiger charge is -2.36. The summed E-state index contributed by atoms with van der Waals surface area (Å²) in [5, 5.41) is 13.0. The number of anilines is 2. The van der Waals surface area contributed by atoms with Gasteiger partial charge in [-0.05, 0) is 73.0 Å². The minimum atomic E-state index is -0.157. The number of rotatable bonds is 7. The van der Waals surface area contributed by atoms with Crippen molar-refractivity contribution < 1.29 is 14.7 Å². The number of likely N-dealkylation sites (tertiary alicyclic amines) is 1. The summed E-state index contributed by atoms with van der Waals surface area (Å²) >= 11 is 0. The molecule has 0 radical (unpaired) electrons. The summed E-state index contributed by atoms with van der Waals surface area (Å²) in [5.41, 5.74) is 3.61. The van der Waals surface area contributed by atoms with E-state index in [2.05, 4.69) is 37.2 Å². The highest BCUT2D eigenvalue weighted by atomic mass is 16.3. The maximum atomic E-state index is 13.0. The van der Waals surface area contributed by atoms with Crippen LogP contribution in [0.1, 0.15) is 31.7 Å². The molecule has 0 unspecified atom stereocenters. The van der Waals surface area contributed by atoms with Gasteiger partial charge in [0.25, 0.3) is 0 Å². The summed E-state index contributed by atoms with van der Waals surface area (Å²) in [7, 11) is 0. The molecule has 9 nitrogen and oxygen atoms in total. The standard InChI is InChI=1S/C30H36N6O3/c1-21(2)26-18-24(6-9-27(26)37)33-30(39)23-10-13-34(19-23)20-28(38)36-16-14-35(15-17-36)25-7-4-22(5-8-25)29-31-11-3-12-32-29/h3-9,11-12,18,21,23,37H,10,13-17,19-20H2,1-2H3,(H,33,39)/t23-/m1/s1. The highest BCUT2D eigenvalue weighted by Gasteiger charge is 2.31. The van der Waals surface area contributed by atoms with Crippen LogP contribution in [0.4, 0.5) is 11.4 Å². The van der Waals surface area contributed by atoms with Gasteiger partial charge in [0.05, 0.1) is 12.5 Å². The van der Waals surface area contributed by atoms with Crippen LogP contribution in [0, 0.1) is 5.92 Å². The van der Waals surface area contributed by atoms with Gasteiger partial charge in [0.1, 0.15) is 5.75 Å². The molecule has 3 heterocycles. The molecule has 3 aromatic rings. The van der Waals surface area contributed by atoms with E-state index < -0.39 is 0 Å². The van der Waals surface area contributed by atoms with Crippen molar-refractivity contribution in [2.24, 2.45) is 5.92 Å². The molecule has 204 valence electrons. The molecule has 2 aliphatic rings. The van der Waals surface area contributed by atoms with E-state index in [-0.39, 0.29) is 29.4 Å². The molecule has 39 heavy (non-hydrogen) atoms. The van der Waals surface area contributed by atoms with Crippen molar-refractivity contribution in [2.45, 2.75) is 26.2 Å². The van der Waals surface area contributed by atoms with Gasteiger partial charge in [0, 0.05) is 62.1 Å². The van der Waals surface area contributed by atoms with E-state index in [0.29, 0.717) is 37.7 Å². The summed E-state index contributed by atoms with van der Waals surface area (Å²) in [4.78, 5) is 40.8. The van der Waals surface area contributed by atoms with Crippen LogP contribution in [0.5, 0.6) is 5.75 Å². The average molecular weight is 529 g/mol. The van der Waals surface area contributed by atoms with Gasteiger partial charge in [-0.15, -0.1) is 0 Å². The molecule has 1 atom stereocenters. The fraction of sp³-hybridized carbons (Fsp3) is 0.400. The maximum Gasteiger partial charge on any atom is 0.236 e. The summed E-state index contributed by atoms with van der Waals surface area (Å²) in [6, 6.07) is 15.2. The molecule has 0 aliphatic carbocycles. The second-order valence-corrected chi connectivity index (χ2v) is 10.6. The summed E-state index contributed by atoms with van der Waals surface area (Å²) < 4.78 is 0. The van der Waals surface area contributed by atoms with Crippen LogP contribution < -0.4 is 10.2 Å².